The lowest BCUT2D eigenvalue weighted by Crippen LogP contribution is -2.50. The zero-order chi connectivity index (χ0) is 18.7. The molecule has 0 atom stereocenters. The van der Waals surface area contributed by atoms with E-state index in [0.717, 1.165) is 29.6 Å². The molecule has 1 aromatic heterocycles. The number of benzene rings is 1. The Balaban J connectivity index is 1.93. The second kappa shape index (κ2) is 7.81. The molecule has 0 unspecified atom stereocenters. The van der Waals surface area contributed by atoms with Gasteiger partial charge in [-0.2, -0.15) is 0 Å². The van der Waals surface area contributed by atoms with Crippen LogP contribution in [0.4, 0.5) is 0 Å². The Morgan fingerprint density at radius 3 is 2.38 bits per heavy atom. The minimum Gasteiger partial charge on any atom is -0.493 e. The average Bonchev–Trinajstić information content (AvgIpc) is 3.01. The molecule has 0 saturated carbocycles. The van der Waals surface area contributed by atoms with Gasteiger partial charge in [0.25, 0.3) is 5.91 Å². The number of carbonyl (C=O) groups is 2. The van der Waals surface area contributed by atoms with Crippen LogP contribution in [0.25, 0.3) is 10.9 Å². The molecule has 1 aromatic carbocycles. The molecule has 0 aliphatic carbocycles. The summed E-state index contributed by atoms with van der Waals surface area (Å²) in [6.45, 7) is 9.36. The van der Waals surface area contributed by atoms with Gasteiger partial charge >= 0.3 is 0 Å². The summed E-state index contributed by atoms with van der Waals surface area (Å²) in [7, 11) is 0. The van der Waals surface area contributed by atoms with E-state index in [1.54, 1.807) is 11.8 Å². The Kier molecular flexibility index (Phi) is 5.49. The lowest BCUT2D eigenvalue weighted by atomic mass is 10.2. The van der Waals surface area contributed by atoms with Crippen LogP contribution in [0.3, 0.4) is 0 Å². The monoisotopic (exact) mass is 357 g/mol. The van der Waals surface area contributed by atoms with Crippen molar-refractivity contribution >= 4 is 22.7 Å². The van der Waals surface area contributed by atoms with Crippen LogP contribution in [0.2, 0.25) is 0 Å². The van der Waals surface area contributed by atoms with Crippen LogP contribution in [0, 0.1) is 0 Å². The number of amides is 2. The summed E-state index contributed by atoms with van der Waals surface area (Å²) in [5.41, 5.74) is 1.73. The summed E-state index contributed by atoms with van der Waals surface area (Å²) in [5, 5.41) is 0.980. The van der Waals surface area contributed by atoms with E-state index in [1.165, 1.54) is 0 Å². The van der Waals surface area contributed by atoms with Gasteiger partial charge in [0.1, 0.15) is 11.4 Å². The van der Waals surface area contributed by atoms with E-state index < -0.39 is 0 Å². The van der Waals surface area contributed by atoms with E-state index in [0.29, 0.717) is 38.5 Å². The lowest BCUT2D eigenvalue weighted by Gasteiger charge is -2.34. The fourth-order valence-corrected chi connectivity index (χ4v) is 3.57. The van der Waals surface area contributed by atoms with Crippen molar-refractivity contribution in [3.05, 3.63) is 30.0 Å². The van der Waals surface area contributed by atoms with E-state index in [2.05, 4.69) is 11.5 Å². The molecule has 0 spiro atoms. The molecular weight excluding hydrogens is 330 g/mol. The fourth-order valence-electron chi connectivity index (χ4n) is 3.57. The molecule has 2 heterocycles. The van der Waals surface area contributed by atoms with Crippen molar-refractivity contribution in [2.45, 2.75) is 33.7 Å². The molecule has 2 amide bonds. The summed E-state index contributed by atoms with van der Waals surface area (Å²) < 4.78 is 7.84. The summed E-state index contributed by atoms with van der Waals surface area (Å²) in [6, 6.07) is 7.91. The first-order chi connectivity index (χ1) is 12.6. The molecular formula is C20H27N3O3. The van der Waals surface area contributed by atoms with Gasteiger partial charge < -0.3 is 19.1 Å². The topological polar surface area (TPSA) is 54.8 Å². The number of aryl methyl sites for hydroxylation is 1. The van der Waals surface area contributed by atoms with E-state index in [9.17, 15) is 9.59 Å². The predicted molar refractivity (Wildman–Crippen MR) is 102 cm³/mol. The molecule has 6 nitrogen and oxygen atoms in total. The molecule has 0 N–H and O–H groups in total. The van der Waals surface area contributed by atoms with Crippen molar-refractivity contribution < 1.29 is 14.3 Å². The highest BCUT2D eigenvalue weighted by Crippen LogP contribution is 2.30. The normalized spacial score (nSPS) is 14.7. The van der Waals surface area contributed by atoms with Crippen molar-refractivity contribution in [1.29, 1.82) is 0 Å². The quantitative estimate of drug-likeness (QED) is 0.827. The molecule has 1 saturated heterocycles. The number of fused-ring (bicyclic) bond motifs is 1. The Morgan fingerprint density at radius 1 is 1.08 bits per heavy atom. The number of hydrogen-bond acceptors (Lipinski definition) is 3. The van der Waals surface area contributed by atoms with Crippen molar-refractivity contribution in [2.75, 3.05) is 32.8 Å². The van der Waals surface area contributed by atoms with Gasteiger partial charge in [0.2, 0.25) is 5.91 Å². The maximum Gasteiger partial charge on any atom is 0.270 e. The molecule has 0 radical (unpaired) electrons. The van der Waals surface area contributed by atoms with Crippen LogP contribution in [-0.2, 0) is 11.3 Å². The molecule has 0 bridgehead atoms. The zero-order valence-corrected chi connectivity index (χ0v) is 15.8. The molecule has 6 heteroatoms. The fraction of sp³-hybridized carbons (Fsp3) is 0.500. The zero-order valence-electron chi connectivity index (χ0n) is 15.8. The first kappa shape index (κ1) is 18.3. The highest BCUT2D eigenvalue weighted by molar-refractivity contribution is 6.00. The largest absolute Gasteiger partial charge is 0.493 e. The molecule has 1 aliphatic rings. The van der Waals surface area contributed by atoms with Gasteiger partial charge in [0, 0.05) is 45.0 Å². The maximum atomic E-state index is 13.2. The van der Waals surface area contributed by atoms with Crippen molar-refractivity contribution in [1.82, 2.24) is 14.4 Å². The summed E-state index contributed by atoms with van der Waals surface area (Å²) in [5.74, 6) is 0.911. The van der Waals surface area contributed by atoms with Gasteiger partial charge in [-0.1, -0.05) is 13.0 Å². The number of piperazine rings is 1. The van der Waals surface area contributed by atoms with Crippen LogP contribution in [0.1, 0.15) is 37.7 Å². The smallest absolute Gasteiger partial charge is 0.270 e. The molecule has 1 aliphatic heterocycles. The van der Waals surface area contributed by atoms with Gasteiger partial charge in [0.15, 0.2) is 0 Å². The first-order valence-electron chi connectivity index (χ1n) is 9.36. The van der Waals surface area contributed by atoms with Crippen molar-refractivity contribution in [3.63, 3.8) is 0 Å². The molecule has 1 fully saturated rings. The first-order valence-corrected chi connectivity index (χ1v) is 9.36. The number of nitrogens with zero attached hydrogens (tertiary/aromatic N) is 3. The van der Waals surface area contributed by atoms with Gasteiger partial charge in [-0.3, -0.25) is 9.59 Å². The summed E-state index contributed by atoms with van der Waals surface area (Å²) >= 11 is 0. The summed E-state index contributed by atoms with van der Waals surface area (Å²) in [6.07, 6.45) is 0.945. The minimum atomic E-state index is 0.0281. The third kappa shape index (κ3) is 3.41. The van der Waals surface area contributed by atoms with Crippen LogP contribution in [-0.4, -0.2) is 59.0 Å². The molecule has 140 valence electrons. The summed E-state index contributed by atoms with van der Waals surface area (Å²) in [4.78, 5) is 28.3. The second-order valence-electron chi connectivity index (χ2n) is 6.60. The minimum absolute atomic E-state index is 0.0281. The van der Waals surface area contributed by atoms with E-state index in [-0.39, 0.29) is 11.8 Å². The van der Waals surface area contributed by atoms with Crippen LogP contribution >= 0.6 is 0 Å². The van der Waals surface area contributed by atoms with Gasteiger partial charge in [-0.25, -0.2) is 0 Å². The van der Waals surface area contributed by atoms with Crippen molar-refractivity contribution in [2.24, 2.45) is 0 Å². The Labute approximate surface area is 154 Å². The van der Waals surface area contributed by atoms with Crippen LogP contribution in [0.15, 0.2) is 24.3 Å². The number of hydrogen-bond donors (Lipinski definition) is 0. The average molecular weight is 357 g/mol. The number of rotatable bonds is 5. The molecule has 3 rings (SSSR count). The lowest BCUT2D eigenvalue weighted by molar-refractivity contribution is -0.130. The van der Waals surface area contributed by atoms with Gasteiger partial charge in [-0.15, -0.1) is 0 Å². The molecule has 26 heavy (non-hydrogen) atoms. The highest BCUT2D eigenvalue weighted by Gasteiger charge is 2.26. The highest BCUT2D eigenvalue weighted by atomic mass is 16.5. The van der Waals surface area contributed by atoms with Gasteiger partial charge in [0.05, 0.1) is 12.1 Å². The number of carbonyl (C=O) groups excluding carboxylic acids is 2. The van der Waals surface area contributed by atoms with E-state index in [1.807, 2.05) is 36.1 Å². The van der Waals surface area contributed by atoms with Crippen LogP contribution < -0.4 is 4.74 Å². The third-order valence-electron chi connectivity index (χ3n) is 4.88. The van der Waals surface area contributed by atoms with Crippen LogP contribution in [0.5, 0.6) is 5.75 Å². The van der Waals surface area contributed by atoms with E-state index in [4.69, 9.17) is 4.74 Å². The standard InChI is InChI=1S/C20H27N3O3/c1-4-9-23-17-7-6-8-19(26-5-2)16(17)14-18(23)20(25)22-12-10-21(11-13-22)15(3)24/h6-8,14H,4-5,9-13H2,1-3H3. The molecule has 2 aromatic rings. The van der Waals surface area contributed by atoms with Gasteiger partial charge in [-0.05, 0) is 31.5 Å². The predicted octanol–water partition coefficient (Wildman–Crippen LogP) is 2.75. The Morgan fingerprint density at radius 2 is 1.77 bits per heavy atom. The number of ether oxygens (including phenoxy) is 1. The SMILES string of the molecule is CCCn1c(C(=O)N2CCN(C(C)=O)CC2)cc2c(OCC)cccc21. The van der Waals surface area contributed by atoms with Crippen molar-refractivity contribution in [3.8, 4) is 5.75 Å². The Bertz CT molecular complexity index is 804. The Hall–Kier alpha value is -2.50. The van der Waals surface area contributed by atoms with E-state index >= 15 is 0 Å². The maximum absolute atomic E-state index is 13.2. The number of aromatic nitrogens is 1. The third-order valence-corrected chi connectivity index (χ3v) is 4.88. The second-order valence-corrected chi connectivity index (χ2v) is 6.60.